The summed E-state index contributed by atoms with van der Waals surface area (Å²) in [5.41, 5.74) is 8.98. The van der Waals surface area contributed by atoms with Crippen molar-refractivity contribution in [2.75, 3.05) is 11.9 Å². The number of halogens is 1. The number of hydrogen-bond acceptors (Lipinski definition) is 3. The van der Waals surface area contributed by atoms with Crippen LogP contribution in [0.2, 0.25) is 5.02 Å². The van der Waals surface area contributed by atoms with Crippen LogP contribution in [0, 0.1) is 0 Å². The van der Waals surface area contributed by atoms with Crippen molar-refractivity contribution in [3.05, 3.63) is 58.9 Å². The fourth-order valence-electron chi connectivity index (χ4n) is 1.85. The van der Waals surface area contributed by atoms with Gasteiger partial charge in [-0.05, 0) is 36.8 Å². The highest BCUT2D eigenvalue weighted by molar-refractivity contribution is 6.30. The monoisotopic (exact) mass is 275 g/mol. The van der Waals surface area contributed by atoms with Gasteiger partial charge in [-0.1, -0.05) is 23.7 Å². The molecule has 0 amide bonds. The van der Waals surface area contributed by atoms with E-state index >= 15 is 0 Å². The van der Waals surface area contributed by atoms with Gasteiger partial charge in [-0.15, -0.1) is 0 Å². The molecule has 1 aromatic carbocycles. The lowest BCUT2D eigenvalue weighted by Crippen LogP contribution is -2.17. The van der Waals surface area contributed by atoms with E-state index in [0.29, 0.717) is 0 Å². The lowest BCUT2D eigenvalue weighted by Gasteiger charge is -2.19. The molecule has 0 radical (unpaired) electrons. The Morgan fingerprint density at radius 1 is 1.21 bits per heavy atom. The Kier molecular flexibility index (Phi) is 4.40. The summed E-state index contributed by atoms with van der Waals surface area (Å²) in [4.78, 5) is 6.51. The van der Waals surface area contributed by atoms with E-state index in [1.807, 2.05) is 56.6 Å². The minimum atomic E-state index is -0.0318. The van der Waals surface area contributed by atoms with Crippen molar-refractivity contribution in [2.24, 2.45) is 5.73 Å². The number of hydrogen-bond donors (Lipinski definition) is 1. The molecule has 100 valence electrons. The maximum absolute atomic E-state index is 5.88. The first-order valence-electron chi connectivity index (χ1n) is 6.23. The Morgan fingerprint density at radius 2 is 1.89 bits per heavy atom. The summed E-state index contributed by atoms with van der Waals surface area (Å²) in [5.74, 6) is 0. The van der Waals surface area contributed by atoms with E-state index in [2.05, 4.69) is 9.88 Å². The molecule has 0 bridgehead atoms. The second kappa shape index (κ2) is 6.04. The summed E-state index contributed by atoms with van der Waals surface area (Å²) >= 11 is 5.88. The van der Waals surface area contributed by atoms with Crippen LogP contribution in [0.5, 0.6) is 0 Å². The second-order valence-electron chi connectivity index (χ2n) is 4.71. The molecule has 2 rings (SSSR count). The lowest BCUT2D eigenvalue weighted by molar-refractivity contribution is 0.779. The molecule has 19 heavy (non-hydrogen) atoms. The molecule has 0 fully saturated rings. The molecule has 0 spiro atoms. The van der Waals surface area contributed by atoms with Gasteiger partial charge in [0.05, 0.1) is 17.6 Å². The maximum Gasteiger partial charge on any atom is 0.0569 e. The van der Waals surface area contributed by atoms with Gasteiger partial charge in [-0.25, -0.2) is 0 Å². The van der Waals surface area contributed by atoms with Crippen LogP contribution < -0.4 is 10.6 Å². The van der Waals surface area contributed by atoms with Crippen molar-refractivity contribution < 1.29 is 0 Å². The van der Waals surface area contributed by atoms with Gasteiger partial charge in [0.1, 0.15) is 0 Å². The standard InChI is InChI=1S/C15H18ClN3/c1-11(17)15-8-7-14(9-18-15)19(2)10-12-3-5-13(16)6-4-12/h3-9,11H,10,17H2,1-2H3. The zero-order valence-electron chi connectivity index (χ0n) is 11.2. The van der Waals surface area contributed by atoms with Crippen LogP contribution >= 0.6 is 11.6 Å². The number of benzene rings is 1. The summed E-state index contributed by atoms with van der Waals surface area (Å²) in [7, 11) is 2.04. The Balaban J connectivity index is 2.07. The van der Waals surface area contributed by atoms with Gasteiger partial charge < -0.3 is 10.6 Å². The number of anilines is 1. The van der Waals surface area contributed by atoms with Crippen LogP contribution in [0.25, 0.3) is 0 Å². The highest BCUT2D eigenvalue weighted by atomic mass is 35.5. The summed E-state index contributed by atoms with van der Waals surface area (Å²) < 4.78 is 0. The predicted octanol–water partition coefficient (Wildman–Crippen LogP) is 3.39. The van der Waals surface area contributed by atoms with Crippen LogP contribution in [0.1, 0.15) is 24.2 Å². The maximum atomic E-state index is 5.88. The van der Waals surface area contributed by atoms with Gasteiger partial charge in [-0.2, -0.15) is 0 Å². The van der Waals surface area contributed by atoms with E-state index in [1.54, 1.807) is 0 Å². The van der Waals surface area contributed by atoms with Gasteiger partial charge in [0.25, 0.3) is 0 Å². The minimum Gasteiger partial charge on any atom is -0.369 e. The Labute approximate surface area is 119 Å². The number of pyridine rings is 1. The number of aromatic nitrogens is 1. The van der Waals surface area contributed by atoms with Gasteiger partial charge in [0.15, 0.2) is 0 Å². The summed E-state index contributed by atoms with van der Waals surface area (Å²) in [6.07, 6.45) is 1.86. The molecule has 1 aromatic heterocycles. The first-order chi connectivity index (χ1) is 9.06. The smallest absolute Gasteiger partial charge is 0.0569 e. The van der Waals surface area contributed by atoms with Gasteiger partial charge in [0, 0.05) is 24.7 Å². The molecule has 0 saturated heterocycles. The van der Waals surface area contributed by atoms with Gasteiger partial charge >= 0.3 is 0 Å². The minimum absolute atomic E-state index is 0.0318. The largest absolute Gasteiger partial charge is 0.369 e. The molecule has 1 unspecified atom stereocenters. The highest BCUT2D eigenvalue weighted by Gasteiger charge is 2.05. The second-order valence-corrected chi connectivity index (χ2v) is 5.15. The Bertz CT molecular complexity index is 520. The third-order valence-corrected chi connectivity index (χ3v) is 3.26. The molecule has 2 N–H and O–H groups in total. The van der Waals surface area contributed by atoms with E-state index in [9.17, 15) is 0 Å². The third kappa shape index (κ3) is 3.69. The zero-order chi connectivity index (χ0) is 13.8. The van der Waals surface area contributed by atoms with E-state index < -0.39 is 0 Å². The molecular weight excluding hydrogens is 258 g/mol. The van der Waals surface area contributed by atoms with Crippen molar-refractivity contribution >= 4 is 17.3 Å². The Morgan fingerprint density at radius 3 is 2.42 bits per heavy atom. The van der Waals surface area contributed by atoms with Crippen LogP contribution in [0.15, 0.2) is 42.6 Å². The van der Waals surface area contributed by atoms with Crippen LogP contribution in [0.4, 0.5) is 5.69 Å². The molecule has 4 heteroatoms. The van der Waals surface area contributed by atoms with Gasteiger partial charge in [-0.3, -0.25) is 4.98 Å². The molecule has 3 nitrogen and oxygen atoms in total. The number of nitrogens with two attached hydrogens (primary N) is 1. The first-order valence-corrected chi connectivity index (χ1v) is 6.61. The first kappa shape index (κ1) is 13.8. The van der Waals surface area contributed by atoms with Crippen LogP contribution in [-0.2, 0) is 6.54 Å². The quantitative estimate of drug-likeness (QED) is 0.930. The lowest BCUT2D eigenvalue weighted by atomic mass is 10.2. The summed E-state index contributed by atoms with van der Waals surface area (Å²) in [5, 5.41) is 0.759. The van der Waals surface area contributed by atoms with Crippen molar-refractivity contribution in [3.63, 3.8) is 0 Å². The SMILES string of the molecule is CC(N)c1ccc(N(C)Cc2ccc(Cl)cc2)cn1. The molecule has 0 aliphatic carbocycles. The molecule has 0 aliphatic heterocycles. The van der Waals surface area contributed by atoms with Crippen molar-refractivity contribution in [1.29, 1.82) is 0 Å². The number of rotatable bonds is 4. The molecule has 1 atom stereocenters. The molecular formula is C15H18ClN3. The number of nitrogens with zero attached hydrogens (tertiary/aromatic N) is 2. The van der Waals surface area contributed by atoms with Crippen molar-refractivity contribution in [2.45, 2.75) is 19.5 Å². The van der Waals surface area contributed by atoms with Crippen molar-refractivity contribution in [1.82, 2.24) is 4.98 Å². The third-order valence-electron chi connectivity index (χ3n) is 3.01. The fourth-order valence-corrected chi connectivity index (χ4v) is 1.97. The van der Waals surface area contributed by atoms with E-state index in [0.717, 1.165) is 22.9 Å². The molecule has 0 saturated carbocycles. The molecule has 1 heterocycles. The topological polar surface area (TPSA) is 42.1 Å². The zero-order valence-corrected chi connectivity index (χ0v) is 11.9. The van der Waals surface area contributed by atoms with Crippen LogP contribution in [-0.4, -0.2) is 12.0 Å². The fraction of sp³-hybridized carbons (Fsp3) is 0.267. The summed E-state index contributed by atoms with van der Waals surface area (Å²) in [6, 6.07) is 11.9. The molecule has 2 aromatic rings. The summed E-state index contributed by atoms with van der Waals surface area (Å²) in [6.45, 7) is 2.75. The predicted molar refractivity (Wildman–Crippen MR) is 80.4 cm³/mol. The van der Waals surface area contributed by atoms with Crippen LogP contribution in [0.3, 0.4) is 0 Å². The van der Waals surface area contributed by atoms with E-state index in [-0.39, 0.29) is 6.04 Å². The highest BCUT2D eigenvalue weighted by Crippen LogP contribution is 2.17. The molecule has 0 aliphatic rings. The van der Waals surface area contributed by atoms with Gasteiger partial charge in [0.2, 0.25) is 0 Å². The van der Waals surface area contributed by atoms with E-state index in [1.165, 1.54) is 5.56 Å². The average Bonchev–Trinajstić information content (AvgIpc) is 2.41. The Hall–Kier alpha value is -1.58. The average molecular weight is 276 g/mol. The normalized spacial score (nSPS) is 12.2. The van der Waals surface area contributed by atoms with E-state index in [4.69, 9.17) is 17.3 Å². The van der Waals surface area contributed by atoms with Crippen molar-refractivity contribution in [3.8, 4) is 0 Å².